The molecule has 6 heteroatoms. The number of nitriles is 1. The van der Waals surface area contributed by atoms with E-state index in [1.165, 1.54) is 0 Å². The molecule has 2 N–H and O–H groups in total. The molecule has 1 aliphatic rings. The normalized spacial score (nSPS) is 18.4. The Morgan fingerprint density at radius 1 is 1.65 bits per heavy atom. The Kier molecular flexibility index (Phi) is 4.43. The number of anilines is 2. The van der Waals surface area contributed by atoms with E-state index < -0.39 is 12.1 Å². The van der Waals surface area contributed by atoms with Crippen molar-refractivity contribution in [2.24, 2.45) is 0 Å². The molecule has 106 valence electrons. The van der Waals surface area contributed by atoms with Crippen molar-refractivity contribution < 1.29 is 14.3 Å². The fourth-order valence-corrected chi connectivity index (χ4v) is 2.22. The van der Waals surface area contributed by atoms with Crippen molar-refractivity contribution in [2.75, 3.05) is 36.9 Å². The first-order chi connectivity index (χ1) is 9.67. The van der Waals surface area contributed by atoms with Crippen molar-refractivity contribution in [3.63, 3.8) is 0 Å². The van der Waals surface area contributed by atoms with Crippen LogP contribution in [0.2, 0.25) is 0 Å². The van der Waals surface area contributed by atoms with E-state index in [0.717, 1.165) is 0 Å². The van der Waals surface area contributed by atoms with E-state index in [4.69, 9.17) is 20.5 Å². The molecule has 20 heavy (non-hydrogen) atoms. The van der Waals surface area contributed by atoms with E-state index >= 15 is 0 Å². The van der Waals surface area contributed by atoms with Gasteiger partial charge in [-0.05, 0) is 19.1 Å². The smallest absolute Gasteiger partial charge is 0.340 e. The summed E-state index contributed by atoms with van der Waals surface area (Å²) in [6, 6.07) is 7.20. The molecule has 1 saturated heterocycles. The van der Waals surface area contributed by atoms with Gasteiger partial charge in [-0.25, -0.2) is 4.79 Å². The number of hydrogen-bond acceptors (Lipinski definition) is 6. The molecule has 0 spiro atoms. The van der Waals surface area contributed by atoms with E-state index in [0.29, 0.717) is 43.2 Å². The van der Waals surface area contributed by atoms with Crippen molar-refractivity contribution in [2.45, 2.75) is 13.0 Å². The highest BCUT2D eigenvalue weighted by molar-refractivity contribution is 5.99. The predicted octanol–water partition coefficient (Wildman–Crippen LogP) is 1.17. The average Bonchev–Trinajstić information content (AvgIpc) is 2.47. The van der Waals surface area contributed by atoms with Gasteiger partial charge in [0.05, 0.1) is 42.8 Å². The molecule has 1 fully saturated rings. The van der Waals surface area contributed by atoms with Gasteiger partial charge in [0.15, 0.2) is 6.10 Å². The summed E-state index contributed by atoms with van der Waals surface area (Å²) in [4.78, 5) is 13.9. The van der Waals surface area contributed by atoms with Crippen molar-refractivity contribution in [3.05, 3.63) is 23.8 Å². The second-order valence-electron chi connectivity index (χ2n) is 4.40. The lowest BCUT2D eigenvalue weighted by Crippen LogP contribution is -2.42. The number of rotatable bonds is 3. The first-order valence-corrected chi connectivity index (χ1v) is 6.49. The van der Waals surface area contributed by atoms with Crippen molar-refractivity contribution in [3.8, 4) is 6.07 Å². The molecule has 2 rings (SSSR count). The molecule has 0 saturated carbocycles. The van der Waals surface area contributed by atoms with Gasteiger partial charge in [-0.2, -0.15) is 5.26 Å². The average molecular weight is 275 g/mol. The summed E-state index contributed by atoms with van der Waals surface area (Å²) in [6.07, 6.45) is -0.515. The molecule has 1 atom stereocenters. The van der Waals surface area contributed by atoms with Gasteiger partial charge in [0.25, 0.3) is 0 Å². The number of carbonyl (C=O) groups excluding carboxylic acids is 1. The second-order valence-corrected chi connectivity index (χ2v) is 4.40. The minimum atomic E-state index is -0.515. The molecular weight excluding hydrogens is 258 g/mol. The number of morpholine rings is 1. The molecule has 1 aliphatic heterocycles. The van der Waals surface area contributed by atoms with Crippen LogP contribution in [0.4, 0.5) is 11.4 Å². The van der Waals surface area contributed by atoms with Gasteiger partial charge in [0, 0.05) is 6.54 Å². The molecule has 0 aliphatic carbocycles. The van der Waals surface area contributed by atoms with E-state index in [9.17, 15) is 4.79 Å². The highest BCUT2D eigenvalue weighted by Crippen LogP contribution is 2.30. The fourth-order valence-electron chi connectivity index (χ4n) is 2.22. The molecule has 0 radical (unpaired) electrons. The SMILES string of the molecule is CCOC(=O)c1cccc(N)c1N1CCOC(C#N)C1. The number of carbonyl (C=O) groups is 1. The monoisotopic (exact) mass is 275 g/mol. The predicted molar refractivity (Wildman–Crippen MR) is 74.4 cm³/mol. The van der Waals surface area contributed by atoms with Gasteiger partial charge in [-0.1, -0.05) is 6.07 Å². The zero-order valence-corrected chi connectivity index (χ0v) is 11.3. The second kappa shape index (κ2) is 6.26. The van der Waals surface area contributed by atoms with Crippen LogP contribution in [-0.2, 0) is 9.47 Å². The zero-order valence-electron chi connectivity index (χ0n) is 11.3. The summed E-state index contributed by atoms with van der Waals surface area (Å²) in [5.41, 5.74) is 7.54. The van der Waals surface area contributed by atoms with E-state index in [-0.39, 0.29) is 0 Å². The molecule has 0 bridgehead atoms. The molecular formula is C14H17N3O3. The number of benzene rings is 1. The summed E-state index contributed by atoms with van der Waals surface area (Å²) in [5, 5.41) is 8.96. The third kappa shape index (κ3) is 2.83. The largest absolute Gasteiger partial charge is 0.462 e. The van der Waals surface area contributed by atoms with Crippen molar-refractivity contribution in [1.29, 1.82) is 5.26 Å². The molecule has 6 nitrogen and oxygen atoms in total. The van der Waals surface area contributed by atoms with Crippen LogP contribution in [0.1, 0.15) is 17.3 Å². The zero-order chi connectivity index (χ0) is 14.5. The van der Waals surface area contributed by atoms with Crippen LogP contribution < -0.4 is 10.6 Å². The van der Waals surface area contributed by atoms with E-state index in [1.54, 1.807) is 25.1 Å². The number of ether oxygens (including phenoxy) is 2. The standard InChI is InChI=1S/C14H17N3O3/c1-2-19-14(18)11-4-3-5-12(16)13(11)17-6-7-20-10(8-15)9-17/h3-5,10H,2,6-7,9,16H2,1H3. The minimum Gasteiger partial charge on any atom is -0.462 e. The number of nitrogens with zero attached hydrogens (tertiary/aromatic N) is 2. The van der Waals surface area contributed by atoms with Gasteiger partial charge < -0.3 is 20.1 Å². The number of esters is 1. The summed E-state index contributed by atoms with van der Waals surface area (Å²) in [7, 11) is 0. The Morgan fingerprint density at radius 3 is 3.15 bits per heavy atom. The summed E-state index contributed by atoms with van der Waals surface area (Å²) < 4.78 is 10.4. The quantitative estimate of drug-likeness (QED) is 0.658. The third-order valence-electron chi connectivity index (χ3n) is 3.09. The Hall–Kier alpha value is -2.26. The third-order valence-corrected chi connectivity index (χ3v) is 3.09. The molecule has 0 amide bonds. The Morgan fingerprint density at radius 2 is 2.45 bits per heavy atom. The number of nitrogen functional groups attached to an aromatic ring is 1. The highest BCUT2D eigenvalue weighted by Gasteiger charge is 2.26. The number of para-hydroxylation sites is 1. The highest BCUT2D eigenvalue weighted by atomic mass is 16.5. The van der Waals surface area contributed by atoms with Crippen LogP contribution in [0.15, 0.2) is 18.2 Å². The van der Waals surface area contributed by atoms with Crippen LogP contribution >= 0.6 is 0 Å². The summed E-state index contributed by atoms with van der Waals surface area (Å²) in [5.74, 6) is -0.408. The Bertz CT molecular complexity index is 539. The van der Waals surface area contributed by atoms with Crippen LogP contribution in [0.25, 0.3) is 0 Å². The summed E-state index contributed by atoms with van der Waals surface area (Å²) in [6.45, 7) is 3.45. The van der Waals surface area contributed by atoms with Gasteiger partial charge >= 0.3 is 5.97 Å². The topological polar surface area (TPSA) is 88.6 Å². The molecule has 1 aromatic carbocycles. The van der Waals surface area contributed by atoms with E-state index in [2.05, 4.69) is 6.07 Å². The maximum atomic E-state index is 12.0. The number of hydrogen-bond donors (Lipinski definition) is 1. The van der Waals surface area contributed by atoms with E-state index in [1.807, 2.05) is 4.90 Å². The van der Waals surface area contributed by atoms with Gasteiger partial charge in [0.1, 0.15) is 0 Å². The van der Waals surface area contributed by atoms with Gasteiger partial charge in [-0.15, -0.1) is 0 Å². The van der Waals surface area contributed by atoms with Gasteiger partial charge in [0.2, 0.25) is 0 Å². The minimum absolute atomic E-state index is 0.303. The molecule has 0 aromatic heterocycles. The van der Waals surface area contributed by atoms with Crippen LogP contribution in [-0.4, -0.2) is 38.4 Å². The lowest BCUT2D eigenvalue weighted by Gasteiger charge is -2.33. The lowest BCUT2D eigenvalue weighted by atomic mass is 10.1. The molecule has 1 heterocycles. The Balaban J connectivity index is 2.34. The first-order valence-electron chi connectivity index (χ1n) is 6.49. The fraction of sp³-hybridized carbons (Fsp3) is 0.429. The van der Waals surface area contributed by atoms with Crippen LogP contribution in [0.5, 0.6) is 0 Å². The van der Waals surface area contributed by atoms with Gasteiger partial charge in [-0.3, -0.25) is 0 Å². The first kappa shape index (κ1) is 14.2. The maximum absolute atomic E-state index is 12.0. The molecule has 1 aromatic rings. The lowest BCUT2D eigenvalue weighted by molar-refractivity contribution is 0.0524. The van der Waals surface area contributed by atoms with Crippen molar-refractivity contribution >= 4 is 17.3 Å². The van der Waals surface area contributed by atoms with Crippen LogP contribution in [0, 0.1) is 11.3 Å². The summed E-state index contributed by atoms with van der Waals surface area (Å²) >= 11 is 0. The van der Waals surface area contributed by atoms with Crippen LogP contribution in [0.3, 0.4) is 0 Å². The molecule has 1 unspecified atom stereocenters. The number of nitrogens with two attached hydrogens (primary N) is 1. The van der Waals surface area contributed by atoms with Crippen molar-refractivity contribution in [1.82, 2.24) is 0 Å². The maximum Gasteiger partial charge on any atom is 0.340 e. The Labute approximate surface area is 117 Å².